The highest BCUT2D eigenvalue weighted by Crippen LogP contribution is 2.27. The Kier molecular flexibility index (Phi) is 6.09. The van der Waals surface area contributed by atoms with Gasteiger partial charge in [0.1, 0.15) is 11.5 Å². The van der Waals surface area contributed by atoms with E-state index < -0.39 is 0 Å². The van der Waals surface area contributed by atoms with Gasteiger partial charge in [-0.2, -0.15) is 0 Å². The maximum Gasteiger partial charge on any atom is 0.128 e. The highest BCUT2D eigenvalue weighted by Gasteiger charge is 2.03. The SMILES string of the molecule is CCCCc1ccc(Oc2ccc(CNC)c(Cl)c2)cc1. The van der Waals surface area contributed by atoms with E-state index in [1.54, 1.807) is 0 Å². The van der Waals surface area contributed by atoms with Crippen LogP contribution in [0.25, 0.3) is 0 Å². The van der Waals surface area contributed by atoms with E-state index in [4.69, 9.17) is 16.3 Å². The maximum absolute atomic E-state index is 6.24. The monoisotopic (exact) mass is 303 g/mol. The number of hydrogen-bond acceptors (Lipinski definition) is 2. The molecule has 0 aromatic heterocycles. The Morgan fingerprint density at radius 2 is 1.76 bits per heavy atom. The first kappa shape index (κ1) is 15.9. The third-order valence-corrected chi connectivity index (χ3v) is 3.72. The Morgan fingerprint density at radius 1 is 1.05 bits per heavy atom. The Hall–Kier alpha value is -1.51. The van der Waals surface area contributed by atoms with Crippen molar-refractivity contribution in [2.75, 3.05) is 7.05 Å². The fourth-order valence-corrected chi connectivity index (χ4v) is 2.40. The summed E-state index contributed by atoms with van der Waals surface area (Å²) in [4.78, 5) is 0. The predicted molar refractivity (Wildman–Crippen MR) is 89.3 cm³/mol. The first-order valence-electron chi connectivity index (χ1n) is 7.42. The van der Waals surface area contributed by atoms with Gasteiger partial charge in [0.05, 0.1) is 0 Å². The summed E-state index contributed by atoms with van der Waals surface area (Å²) in [5.41, 5.74) is 2.42. The van der Waals surface area contributed by atoms with E-state index in [2.05, 4.69) is 24.4 Å². The molecule has 0 fully saturated rings. The molecule has 1 N–H and O–H groups in total. The lowest BCUT2D eigenvalue weighted by molar-refractivity contribution is 0.482. The van der Waals surface area contributed by atoms with Crippen LogP contribution in [-0.4, -0.2) is 7.05 Å². The summed E-state index contributed by atoms with van der Waals surface area (Å²) in [6.45, 7) is 2.96. The van der Waals surface area contributed by atoms with Crippen molar-refractivity contribution in [3.05, 3.63) is 58.6 Å². The van der Waals surface area contributed by atoms with Crippen molar-refractivity contribution in [1.29, 1.82) is 0 Å². The van der Waals surface area contributed by atoms with E-state index in [0.717, 1.165) is 35.1 Å². The highest BCUT2D eigenvalue weighted by molar-refractivity contribution is 6.31. The van der Waals surface area contributed by atoms with Crippen molar-refractivity contribution in [2.24, 2.45) is 0 Å². The van der Waals surface area contributed by atoms with Gasteiger partial charge in [-0.15, -0.1) is 0 Å². The van der Waals surface area contributed by atoms with E-state index >= 15 is 0 Å². The fraction of sp³-hybridized carbons (Fsp3) is 0.333. The zero-order valence-corrected chi connectivity index (χ0v) is 13.4. The molecule has 0 bridgehead atoms. The largest absolute Gasteiger partial charge is 0.457 e. The lowest BCUT2D eigenvalue weighted by Gasteiger charge is -2.09. The molecule has 0 atom stereocenters. The first-order chi connectivity index (χ1) is 10.2. The fourth-order valence-electron chi connectivity index (χ4n) is 2.17. The molecule has 0 radical (unpaired) electrons. The number of nitrogens with one attached hydrogen (secondary N) is 1. The topological polar surface area (TPSA) is 21.3 Å². The van der Waals surface area contributed by atoms with Crippen molar-refractivity contribution < 1.29 is 4.74 Å². The molecule has 2 aromatic rings. The Morgan fingerprint density at radius 3 is 2.38 bits per heavy atom. The van der Waals surface area contributed by atoms with Gasteiger partial charge in [0, 0.05) is 11.6 Å². The van der Waals surface area contributed by atoms with Gasteiger partial charge in [-0.1, -0.05) is 43.1 Å². The second kappa shape index (κ2) is 8.06. The first-order valence-corrected chi connectivity index (χ1v) is 7.80. The average Bonchev–Trinajstić information content (AvgIpc) is 2.49. The van der Waals surface area contributed by atoms with Gasteiger partial charge in [-0.05, 0) is 55.3 Å². The number of benzene rings is 2. The smallest absolute Gasteiger partial charge is 0.128 e. The van der Waals surface area contributed by atoms with Crippen LogP contribution in [0.15, 0.2) is 42.5 Å². The summed E-state index contributed by atoms with van der Waals surface area (Å²) < 4.78 is 5.85. The highest BCUT2D eigenvalue weighted by atomic mass is 35.5. The van der Waals surface area contributed by atoms with Gasteiger partial charge < -0.3 is 10.1 Å². The van der Waals surface area contributed by atoms with Crippen LogP contribution in [0, 0.1) is 0 Å². The molecule has 112 valence electrons. The lowest BCUT2D eigenvalue weighted by atomic mass is 10.1. The molecule has 21 heavy (non-hydrogen) atoms. The van der Waals surface area contributed by atoms with E-state index in [1.807, 2.05) is 37.4 Å². The molecule has 0 aliphatic carbocycles. The summed E-state index contributed by atoms with van der Waals surface area (Å²) in [5.74, 6) is 1.61. The summed E-state index contributed by atoms with van der Waals surface area (Å²) in [6.07, 6.45) is 3.57. The Labute approximate surface area is 132 Å². The van der Waals surface area contributed by atoms with Crippen molar-refractivity contribution in [3.63, 3.8) is 0 Å². The zero-order valence-electron chi connectivity index (χ0n) is 12.7. The number of aryl methyl sites for hydroxylation is 1. The minimum Gasteiger partial charge on any atom is -0.457 e. The maximum atomic E-state index is 6.24. The molecule has 0 unspecified atom stereocenters. The third kappa shape index (κ3) is 4.76. The van der Waals surface area contributed by atoms with Crippen LogP contribution in [0.2, 0.25) is 5.02 Å². The van der Waals surface area contributed by atoms with Crippen LogP contribution in [-0.2, 0) is 13.0 Å². The van der Waals surface area contributed by atoms with Crippen molar-refractivity contribution in [3.8, 4) is 11.5 Å². The normalized spacial score (nSPS) is 10.6. The van der Waals surface area contributed by atoms with Crippen LogP contribution in [0.5, 0.6) is 11.5 Å². The quantitative estimate of drug-likeness (QED) is 0.759. The number of halogens is 1. The van der Waals surface area contributed by atoms with Gasteiger partial charge in [-0.25, -0.2) is 0 Å². The number of rotatable bonds is 7. The summed E-state index contributed by atoms with van der Waals surface area (Å²) in [5, 5.41) is 3.82. The number of ether oxygens (including phenoxy) is 1. The van der Waals surface area contributed by atoms with Crippen LogP contribution in [0.1, 0.15) is 30.9 Å². The number of unbranched alkanes of at least 4 members (excludes halogenated alkanes) is 1. The van der Waals surface area contributed by atoms with Crippen LogP contribution < -0.4 is 10.1 Å². The molecule has 2 rings (SSSR count). The molecule has 0 aliphatic rings. The van der Waals surface area contributed by atoms with E-state index in [-0.39, 0.29) is 0 Å². The van der Waals surface area contributed by atoms with Crippen LogP contribution >= 0.6 is 11.6 Å². The Balaban J connectivity index is 2.02. The molecule has 0 saturated carbocycles. The van der Waals surface area contributed by atoms with E-state index in [1.165, 1.54) is 18.4 Å². The third-order valence-electron chi connectivity index (χ3n) is 3.37. The lowest BCUT2D eigenvalue weighted by Crippen LogP contribution is -2.05. The van der Waals surface area contributed by atoms with Crippen molar-refractivity contribution in [2.45, 2.75) is 32.7 Å². The molecule has 2 aromatic carbocycles. The second-order valence-corrected chi connectivity index (χ2v) is 5.54. The molecule has 0 heterocycles. The molecule has 0 aliphatic heterocycles. The molecule has 0 spiro atoms. The van der Waals surface area contributed by atoms with E-state index in [0.29, 0.717) is 0 Å². The number of hydrogen-bond donors (Lipinski definition) is 1. The minimum atomic E-state index is 0.724. The zero-order chi connectivity index (χ0) is 15.1. The molecule has 2 nitrogen and oxygen atoms in total. The van der Waals surface area contributed by atoms with Crippen LogP contribution in [0.4, 0.5) is 0 Å². The average molecular weight is 304 g/mol. The summed E-state index contributed by atoms with van der Waals surface area (Å²) in [6, 6.07) is 14.1. The molecular formula is C18H22ClNO. The minimum absolute atomic E-state index is 0.724. The van der Waals surface area contributed by atoms with Gasteiger partial charge in [0.15, 0.2) is 0 Å². The van der Waals surface area contributed by atoms with Gasteiger partial charge in [-0.3, -0.25) is 0 Å². The van der Waals surface area contributed by atoms with Crippen molar-refractivity contribution >= 4 is 11.6 Å². The molecule has 0 amide bonds. The summed E-state index contributed by atoms with van der Waals surface area (Å²) in [7, 11) is 1.90. The van der Waals surface area contributed by atoms with Gasteiger partial charge in [0.2, 0.25) is 0 Å². The second-order valence-electron chi connectivity index (χ2n) is 5.13. The molecular weight excluding hydrogens is 282 g/mol. The Bertz CT molecular complexity index is 566. The summed E-state index contributed by atoms with van der Waals surface area (Å²) >= 11 is 6.24. The molecule has 3 heteroatoms. The predicted octanol–water partition coefficient (Wildman–Crippen LogP) is 5.19. The van der Waals surface area contributed by atoms with E-state index in [9.17, 15) is 0 Å². The van der Waals surface area contributed by atoms with Crippen molar-refractivity contribution in [1.82, 2.24) is 5.32 Å². The van der Waals surface area contributed by atoms with Gasteiger partial charge in [0.25, 0.3) is 0 Å². The standard InChI is InChI=1S/C18H22ClNO/c1-3-4-5-14-6-9-16(10-7-14)21-17-11-8-15(13-20-2)18(19)12-17/h6-12,20H,3-5,13H2,1-2H3. The van der Waals surface area contributed by atoms with Crippen LogP contribution in [0.3, 0.4) is 0 Å². The molecule has 0 saturated heterocycles. The van der Waals surface area contributed by atoms with Gasteiger partial charge >= 0.3 is 0 Å².